The van der Waals surface area contributed by atoms with Gasteiger partial charge in [0.25, 0.3) is 5.91 Å². The number of anilines is 1. The van der Waals surface area contributed by atoms with Crippen molar-refractivity contribution < 1.29 is 18.7 Å². The Kier molecular flexibility index (Phi) is 6.66. The number of carbonyl (C=O) groups is 2. The summed E-state index contributed by atoms with van der Waals surface area (Å²) in [6.45, 7) is 2.97. The monoisotopic (exact) mass is 414 g/mol. The first-order chi connectivity index (χ1) is 14.3. The topological polar surface area (TPSA) is 88.8 Å². The summed E-state index contributed by atoms with van der Waals surface area (Å²) in [7, 11) is 3.77. The predicted molar refractivity (Wildman–Crippen MR) is 111 cm³/mol. The Bertz CT molecular complexity index is 948. The Hall–Kier alpha value is -3.00. The van der Waals surface area contributed by atoms with Crippen LogP contribution in [0.15, 0.2) is 30.5 Å². The number of ether oxygens (including phenoxy) is 1. The van der Waals surface area contributed by atoms with Crippen LogP contribution in [0.25, 0.3) is 0 Å². The fraction of sp³-hybridized carbons (Fsp3) is 0.409. The summed E-state index contributed by atoms with van der Waals surface area (Å²) in [6.07, 6.45) is 2.86. The van der Waals surface area contributed by atoms with Gasteiger partial charge in [0.05, 0.1) is 18.2 Å². The van der Waals surface area contributed by atoms with E-state index < -0.39 is 5.97 Å². The second-order valence-electron chi connectivity index (χ2n) is 7.62. The van der Waals surface area contributed by atoms with Gasteiger partial charge in [-0.2, -0.15) is 0 Å². The van der Waals surface area contributed by atoms with Crippen LogP contribution in [0.2, 0.25) is 0 Å². The lowest BCUT2D eigenvalue weighted by atomic mass is 10.0. The Balaban J connectivity index is 1.82. The molecule has 1 aliphatic rings. The Labute approximate surface area is 175 Å². The molecule has 0 aliphatic carbocycles. The summed E-state index contributed by atoms with van der Waals surface area (Å²) < 4.78 is 19.5. The molecule has 30 heavy (non-hydrogen) atoms. The number of carbonyl (C=O) groups excluding carboxylic acids is 2. The van der Waals surface area contributed by atoms with Crippen molar-refractivity contribution in [1.82, 2.24) is 14.8 Å². The van der Waals surface area contributed by atoms with Gasteiger partial charge in [-0.05, 0) is 51.6 Å². The van der Waals surface area contributed by atoms with Gasteiger partial charge in [0.1, 0.15) is 11.5 Å². The number of esters is 1. The van der Waals surface area contributed by atoms with Crippen molar-refractivity contribution in [2.45, 2.75) is 32.4 Å². The van der Waals surface area contributed by atoms with Crippen molar-refractivity contribution in [2.75, 3.05) is 33.0 Å². The summed E-state index contributed by atoms with van der Waals surface area (Å²) >= 11 is 0. The Morgan fingerprint density at radius 3 is 2.73 bits per heavy atom. The number of nitrogens with two attached hydrogens (primary N) is 1. The number of aromatic nitrogens is 1. The predicted octanol–water partition coefficient (Wildman–Crippen LogP) is 3.02. The molecule has 1 saturated heterocycles. The largest absolute Gasteiger partial charge is 0.461 e. The van der Waals surface area contributed by atoms with Crippen molar-refractivity contribution in [3.8, 4) is 0 Å². The molecule has 2 heterocycles. The van der Waals surface area contributed by atoms with Crippen LogP contribution in [0.5, 0.6) is 0 Å². The Morgan fingerprint density at radius 2 is 2.10 bits per heavy atom. The highest BCUT2D eigenvalue weighted by molar-refractivity contribution is 6.00. The van der Waals surface area contributed by atoms with Crippen LogP contribution in [-0.2, 0) is 11.3 Å². The second kappa shape index (κ2) is 9.21. The highest BCUT2D eigenvalue weighted by Crippen LogP contribution is 2.34. The number of likely N-dealkylation sites (tertiary alicyclic amines) is 1. The first kappa shape index (κ1) is 21.7. The van der Waals surface area contributed by atoms with Gasteiger partial charge in [0.2, 0.25) is 0 Å². The molecule has 3 rings (SSSR count). The summed E-state index contributed by atoms with van der Waals surface area (Å²) in [5, 5.41) is 0. The van der Waals surface area contributed by atoms with E-state index in [1.165, 1.54) is 18.3 Å². The van der Waals surface area contributed by atoms with Crippen LogP contribution in [0.1, 0.15) is 57.8 Å². The van der Waals surface area contributed by atoms with Crippen LogP contribution >= 0.6 is 0 Å². The average Bonchev–Trinajstić information content (AvgIpc) is 3.18. The number of hydrogen-bond donors (Lipinski definition) is 1. The molecule has 7 nitrogen and oxygen atoms in total. The molecule has 0 bridgehead atoms. The molecular formula is C22H27FN4O3. The van der Waals surface area contributed by atoms with Gasteiger partial charge in [-0.3, -0.25) is 4.79 Å². The normalized spacial score (nSPS) is 16.2. The van der Waals surface area contributed by atoms with Crippen molar-refractivity contribution in [2.24, 2.45) is 0 Å². The Morgan fingerprint density at radius 1 is 1.33 bits per heavy atom. The van der Waals surface area contributed by atoms with Crippen LogP contribution < -0.4 is 5.73 Å². The molecule has 0 spiro atoms. The molecule has 2 N–H and O–H groups in total. The van der Waals surface area contributed by atoms with E-state index in [0.29, 0.717) is 18.7 Å². The zero-order valence-electron chi connectivity index (χ0n) is 17.5. The van der Waals surface area contributed by atoms with E-state index in [2.05, 4.69) is 4.98 Å². The van der Waals surface area contributed by atoms with E-state index >= 15 is 0 Å². The molecule has 0 unspecified atom stereocenters. The summed E-state index contributed by atoms with van der Waals surface area (Å²) in [5.41, 5.74) is 7.85. The summed E-state index contributed by atoms with van der Waals surface area (Å²) in [5.74, 6) is -1.15. The molecule has 8 heteroatoms. The molecular weight excluding hydrogens is 387 g/mol. The fourth-order valence-electron chi connectivity index (χ4n) is 3.72. The molecule has 1 amide bonds. The molecule has 0 saturated carbocycles. The number of pyridine rings is 1. The minimum absolute atomic E-state index is 0.0578. The number of nitrogen functional groups attached to an aromatic ring is 1. The first-order valence-electron chi connectivity index (χ1n) is 9.98. The van der Waals surface area contributed by atoms with E-state index in [-0.39, 0.29) is 41.3 Å². The molecule has 160 valence electrons. The zero-order valence-corrected chi connectivity index (χ0v) is 17.5. The van der Waals surface area contributed by atoms with Gasteiger partial charge < -0.3 is 20.3 Å². The van der Waals surface area contributed by atoms with E-state index in [4.69, 9.17) is 10.5 Å². The molecule has 0 radical (unpaired) electrons. The maximum absolute atomic E-state index is 14.6. The van der Waals surface area contributed by atoms with Gasteiger partial charge >= 0.3 is 5.97 Å². The van der Waals surface area contributed by atoms with Crippen LogP contribution in [0.3, 0.4) is 0 Å². The number of amides is 1. The first-order valence-corrected chi connectivity index (χ1v) is 9.98. The fourth-order valence-corrected chi connectivity index (χ4v) is 3.72. The third kappa shape index (κ3) is 4.59. The minimum atomic E-state index is -0.587. The number of halogens is 1. The molecule has 1 atom stereocenters. The van der Waals surface area contributed by atoms with Gasteiger partial charge in [-0.15, -0.1) is 0 Å². The van der Waals surface area contributed by atoms with Crippen LogP contribution in [-0.4, -0.2) is 53.9 Å². The van der Waals surface area contributed by atoms with E-state index in [1.54, 1.807) is 17.9 Å². The number of benzene rings is 1. The van der Waals surface area contributed by atoms with Gasteiger partial charge in [-0.25, -0.2) is 14.2 Å². The molecule has 1 aliphatic heterocycles. The smallest absolute Gasteiger partial charge is 0.356 e. The molecule has 1 aromatic heterocycles. The zero-order chi connectivity index (χ0) is 21.8. The quantitative estimate of drug-likeness (QED) is 0.731. The lowest BCUT2D eigenvalue weighted by molar-refractivity contribution is 0.0518. The average molecular weight is 414 g/mol. The number of nitrogens with zero attached hydrogens (tertiary/aromatic N) is 3. The highest BCUT2D eigenvalue weighted by Gasteiger charge is 2.32. The van der Waals surface area contributed by atoms with E-state index in [9.17, 15) is 14.0 Å². The molecule has 1 aromatic carbocycles. The lowest BCUT2D eigenvalue weighted by Crippen LogP contribution is -2.31. The van der Waals surface area contributed by atoms with Crippen molar-refractivity contribution in [1.29, 1.82) is 0 Å². The van der Waals surface area contributed by atoms with Crippen LogP contribution in [0, 0.1) is 5.82 Å². The van der Waals surface area contributed by atoms with Gasteiger partial charge in [0, 0.05) is 30.5 Å². The van der Waals surface area contributed by atoms with Crippen molar-refractivity contribution in [3.63, 3.8) is 0 Å². The summed E-state index contributed by atoms with van der Waals surface area (Å²) in [6, 6.07) is 6.29. The molecule has 2 aromatic rings. The minimum Gasteiger partial charge on any atom is -0.461 e. The van der Waals surface area contributed by atoms with Gasteiger partial charge in [-0.1, -0.05) is 12.1 Å². The maximum Gasteiger partial charge on any atom is 0.356 e. The maximum atomic E-state index is 14.6. The van der Waals surface area contributed by atoms with Crippen molar-refractivity contribution >= 4 is 17.6 Å². The van der Waals surface area contributed by atoms with Crippen molar-refractivity contribution in [3.05, 3.63) is 58.7 Å². The lowest BCUT2D eigenvalue weighted by Gasteiger charge is -2.26. The number of rotatable bonds is 6. The summed E-state index contributed by atoms with van der Waals surface area (Å²) in [4.78, 5) is 32.6. The van der Waals surface area contributed by atoms with Gasteiger partial charge in [0.15, 0.2) is 0 Å². The third-order valence-corrected chi connectivity index (χ3v) is 5.11. The van der Waals surface area contributed by atoms with E-state index in [0.717, 1.165) is 18.4 Å². The third-order valence-electron chi connectivity index (χ3n) is 5.11. The standard InChI is InChI=1S/C22H27FN4O3/c1-4-30-22(29)19-11-18(24)16(12-25-19)21(28)27-9-5-6-20(27)14-7-8-15(13-26(2)3)17(23)10-14/h7-8,10-12,20H,4-6,9,13H2,1-3H3,(H2,24,25)/t20-/m1/s1. The second-order valence-corrected chi connectivity index (χ2v) is 7.62. The molecule has 1 fully saturated rings. The van der Waals surface area contributed by atoms with Crippen LogP contribution in [0.4, 0.5) is 10.1 Å². The highest BCUT2D eigenvalue weighted by atomic mass is 19.1. The number of hydrogen-bond acceptors (Lipinski definition) is 6. The SMILES string of the molecule is CCOC(=O)c1cc(N)c(C(=O)N2CCC[C@@H]2c2ccc(CN(C)C)c(F)c2)cn1. The van der Waals surface area contributed by atoms with E-state index in [1.807, 2.05) is 25.1 Å².